The molecule has 0 saturated carbocycles. The Morgan fingerprint density at radius 2 is 1.86 bits per heavy atom. The van der Waals surface area contributed by atoms with Crippen LogP contribution in [-0.4, -0.2) is 62.3 Å². The van der Waals surface area contributed by atoms with E-state index < -0.39 is 0 Å². The third-order valence-electron chi connectivity index (χ3n) is 5.73. The maximum absolute atomic E-state index is 12.8. The second-order valence-electron chi connectivity index (χ2n) is 7.74. The van der Waals surface area contributed by atoms with Crippen molar-refractivity contribution in [3.8, 4) is 0 Å². The van der Waals surface area contributed by atoms with Crippen molar-refractivity contribution in [1.29, 1.82) is 0 Å². The van der Waals surface area contributed by atoms with Gasteiger partial charge in [-0.05, 0) is 43.4 Å². The molecule has 3 rings (SSSR count). The Bertz CT molecular complexity index is 658. The molecule has 0 unspecified atom stereocenters. The molecule has 7 nitrogen and oxygen atoms in total. The molecular formula is C21H31N3O4. The highest BCUT2D eigenvalue weighted by atomic mass is 16.5. The minimum absolute atomic E-state index is 0.0502. The number of carbonyl (C=O) groups excluding carboxylic acids is 2. The zero-order chi connectivity index (χ0) is 19.9. The number of nitrogens with zero attached hydrogens (tertiary/aromatic N) is 1. The van der Waals surface area contributed by atoms with Gasteiger partial charge in [0.25, 0.3) is 0 Å². The average Bonchev–Trinajstić information content (AvgIpc) is 2.94. The first-order valence-corrected chi connectivity index (χ1v) is 10.1. The van der Waals surface area contributed by atoms with Crippen LogP contribution in [-0.2, 0) is 20.8 Å². The molecule has 1 amide bonds. The summed E-state index contributed by atoms with van der Waals surface area (Å²) in [6.07, 6.45) is 3.70. The molecule has 2 atom stereocenters. The van der Waals surface area contributed by atoms with Crippen LogP contribution in [0.2, 0.25) is 0 Å². The zero-order valence-electron chi connectivity index (χ0n) is 16.6. The fourth-order valence-corrected chi connectivity index (χ4v) is 4.03. The van der Waals surface area contributed by atoms with Gasteiger partial charge in [0.1, 0.15) is 0 Å². The molecule has 2 heterocycles. The molecular weight excluding hydrogens is 358 g/mol. The number of hydrogen-bond donors (Lipinski definition) is 2. The van der Waals surface area contributed by atoms with E-state index in [9.17, 15) is 9.59 Å². The third-order valence-corrected chi connectivity index (χ3v) is 5.73. The van der Waals surface area contributed by atoms with Crippen molar-refractivity contribution in [3.63, 3.8) is 0 Å². The molecule has 0 aromatic heterocycles. The van der Waals surface area contributed by atoms with Crippen LogP contribution >= 0.6 is 0 Å². The van der Waals surface area contributed by atoms with Crippen molar-refractivity contribution >= 4 is 11.9 Å². The van der Waals surface area contributed by atoms with Crippen molar-refractivity contribution < 1.29 is 19.1 Å². The van der Waals surface area contributed by atoms with Crippen LogP contribution in [0.1, 0.15) is 41.6 Å². The number of methoxy groups -OCH3 is 1. The number of esters is 1. The summed E-state index contributed by atoms with van der Waals surface area (Å²) in [4.78, 5) is 26.7. The van der Waals surface area contributed by atoms with E-state index in [2.05, 4.69) is 10.2 Å². The lowest BCUT2D eigenvalue weighted by atomic mass is 10.00. The summed E-state index contributed by atoms with van der Waals surface area (Å²) in [6.45, 7) is 3.62. The highest BCUT2D eigenvalue weighted by Gasteiger charge is 2.31. The summed E-state index contributed by atoms with van der Waals surface area (Å²) in [5.74, 6) is -0.340. The summed E-state index contributed by atoms with van der Waals surface area (Å²) in [7, 11) is 1.36. The third kappa shape index (κ3) is 5.53. The first kappa shape index (κ1) is 20.8. The minimum Gasteiger partial charge on any atom is -0.465 e. The number of rotatable bonds is 5. The van der Waals surface area contributed by atoms with Gasteiger partial charge in [0.15, 0.2) is 0 Å². The molecule has 3 N–H and O–H groups in total. The van der Waals surface area contributed by atoms with Gasteiger partial charge in [-0.15, -0.1) is 0 Å². The van der Waals surface area contributed by atoms with Gasteiger partial charge >= 0.3 is 5.97 Å². The molecule has 0 radical (unpaired) electrons. The van der Waals surface area contributed by atoms with Crippen molar-refractivity contribution in [3.05, 3.63) is 35.4 Å². The van der Waals surface area contributed by atoms with Crippen LogP contribution in [0.25, 0.3) is 0 Å². The molecule has 2 saturated heterocycles. The molecule has 0 spiro atoms. The highest BCUT2D eigenvalue weighted by molar-refractivity contribution is 5.89. The van der Waals surface area contributed by atoms with E-state index in [1.165, 1.54) is 7.11 Å². The van der Waals surface area contributed by atoms with E-state index in [4.69, 9.17) is 15.2 Å². The number of carbonyl (C=O) groups is 2. The van der Waals surface area contributed by atoms with Crippen LogP contribution in [0.4, 0.5) is 0 Å². The highest BCUT2D eigenvalue weighted by Crippen LogP contribution is 2.22. The Morgan fingerprint density at radius 3 is 2.54 bits per heavy atom. The summed E-state index contributed by atoms with van der Waals surface area (Å²) in [6, 6.07) is 7.68. The topological polar surface area (TPSA) is 93.9 Å². The Balaban J connectivity index is 1.55. The Hall–Kier alpha value is -1.96. The number of nitrogens with one attached hydrogen (secondary N) is 1. The zero-order valence-corrected chi connectivity index (χ0v) is 16.6. The molecule has 0 bridgehead atoms. The predicted octanol–water partition coefficient (Wildman–Crippen LogP) is 1.31. The van der Waals surface area contributed by atoms with Gasteiger partial charge in [-0.3, -0.25) is 9.69 Å². The summed E-state index contributed by atoms with van der Waals surface area (Å²) in [5.41, 5.74) is 7.72. The lowest BCUT2D eigenvalue weighted by Gasteiger charge is -2.35. The largest absolute Gasteiger partial charge is 0.465 e. The number of likely N-dealkylation sites (tertiary alicyclic amines) is 1. The summed E-state index contributed by atoms with van der Waals surface area (Å²) in [5, 5.41) is 3.05. The maximum atomic E-state index is 12.8. The normalized spacial score (nSPS) is 24.4. The minimum atomic E-state index is -0.362. The van der Waals surface area contributed by atoms with Gasteiger partial charge in [-0.1, -0.05) is 12.1 Å². The van der Waals surface area contributed by atoms with E-state index >= 15 is 0 Å². The number of nitrogens with two attached hydrogens (primary N) is 1. The van der Waals surface area contributed by atoms with Gasteiger partial charge in [0.05, 0.1) is 18.6 Å². The van der Waals surface area contributed by atoms with E-state index in [0.717, 1.165) is 57.6 Å². The lowest BCUT2D eigenvalue weighted by molar-refractivity contribution is -0.126. The fourth-order valence-electron chi connectivity index (χ4n) is 4.03. The van der Waals surface area contributed by atoms with Crippen molar-refractivity contribution in [2.75, 3.05) is 33.4 Å². The number of hydrogen-bond acceptors (Lipinski definition) is 6. The predicted molar refractivity (Wildman–Crippen MR) is 106 cm³/mol. The smallest absolute Gasteiger partial charge is 0.337 e. The second kappa shape index (κ2) is 10.0. The van der Waals surface area contributed by atoms with Gasteiger partial charge < -0.3 is 20.5 Å². The molecule has 2 aliphatic heterocycles. The molecule has 2 fully saturated rings. The number of amides is 1. The SMILES string of the molecule is COC(=O)c1ccc(CNC(=O)[C@@H]2CC[C@H](N)CN(C3CCOCC3)C2)cc1. The van der Waals surface area contributed by atoms with Crippen LogP contribution in [0.3, 0.4) is 0 Å². The Kier molecular flexibility index (Phi) is 7.42. The van der Waals surface area contributed by atoms with Crippen LogP contribution < -0.4 is 11.1 Å². The van der Waals surface area contributed by atoms with E-state index in [1.807, 2.05) is 12.1 Å². The number of ether oxygens (including phenoxy) is 2. The molecule has 1 aromatic rings. The molecule has 7 heteroatoms. The van der Waals surface area contributed by atoms with Gasteiger partial charge in [0, 0.05) is 44.9 Å². The van der Waals surface area contributed by atoms with Crippen LogP contribution in [0, 0.1) is 5.92 Å². The average molecular weight is 389 g/mol. The van der Waals surface area contributed by atoms with Crippen molar-refractivity contribution in [2.24, 2.45) is 11.7 Å². The van der Waals surface area contributed by atoms with Gasteiger partial charge in [0.2, 0.25) is 5.91 Å². The fraction of sp³-hybridized carbons (Fsp3) is 0.619. The summed E-state index contributed by atoms with van der Waals surface area (Å²) >= 11 is 0. The molecule has 1 aromatic carbocycles. The summed E-state index contributed by atoms with van der Waals surface area (Å²) < 4.78 is 10.2. The van der Waals surface area contributed by atoms with E-state index in [1.54, 1.807) is 12.1 Å². The monoisotopic (exact) mass is 389 g/mol. The van der Waals surface area contributed by atoms with Crippen molar-refractivity contribution in [1.82, 2.24) is 10.2 Å². The molecule has 154 valence electrons. The molecule has 28 heavy (non-hydrogen) atoms. The van der Waals surface area contributed by atoms with E-state index in [0.29, 0.717) is 18.2 Å². The number of benzene rings is 1. The van der Waals surface area contributed by atoms with Gasteiger partial charge in [-0.2, -0.15) is 0 Å². The second-order valence-corrected chi connectivity index (χ2v) is 7.74. The first-order chi connectivity index (χ1) is 13.6. The van der Waals surface area contributed by atoms with Gasteiger partial charge in [-0.25, -0.2) is 4.79 Å². The van der Waals surface area contributed by atoms with Crippen LogP contribution in [0.15, 0.2) is 24.3 Å². The maximum Gasteiger partial charge on any atom is 0.337 e. The van der Waals surface area contributed by atoms with Crippen LogP contribution in [0.5, 0.6) is 0 Å². The Labute approximate surface area is 166 Å². The quantitative estimate of drug-likeness (QED) is 0.738. The standard InChI is InChI=1S/C21H31N3O4/c1-27-21(26)16-4-2-15(3-5-16)12-23-20(25)17-6-7-18(22)14-24(13-17)19-8-10-28-11-9-19/h2-5,17-19H,6-14,22H2,1H3,(H,23,25)/t17-,18+/m1/s1. The Morgan fingerprint density at radius 1 is 1.14 bits per heavy atom. The van der Waals surface area contributed by atoms with Crippen molar-refractivity contribution in [2.45, 2.75) is 44.3 Å². The molecule has 2 aliphatic rings. The molecule has 0 aliphatic carbocycles. The van der Waals surface area contributed by atoms with E-state index in [-0.39, 0.29) is 23.8 Å². The first-order valence-electron chi connectivity index (χ1n) is 10.1. The lowest BCUT2D eigenvalue weighted by Crippen LogP contribution is -2.47.